The Morgan fingerprint density at radius 2 is 1.72 bits per heavy atom. The van der Waals surface area contributed by atoms with Gasteiger partial charge >= 0.3 is 0 Å². The van der Waals surface area contributed by atoms with E-state index in [2.05, 4.69) is 5.32 Å². The van der Waals surface area contributed by atoms with Crippen LogP contribution in [0.4, 0.5) is 5.69 Å². The zero-order valence-electron chi connectivity index (χ0n) is 14.2. The molecule has 2 atom stereocenters. The van der Waals surface area contributed by atoms with E-state index in [1.54, 1.807) is 31.4 Å². The van der Waals surface area contributed by atoms with Crippen LogP contribution in [0.25, 0.3) is 0 Å². The number of imide groups is 1. The van der Waals surface area contributed by atoms with Crippen molar-refractivity contribution in [1.82, 2.24) is 4.90 Å². The number of carbonyl (C=O) groups is 3. The van der Waals surface area contributed by atoms with Gasteiger partial charge < -0.3 is 10.1 Å². The molecule has 1 aliphatic heterocycles. The summed E-state index contributed by atoms with van der Waals surface area (Å²) < 4.78 is 5.07. The van der Waals surface area contributed by atoms with Crippen LogP contribution in [0.5, 0.6) is 5.75 Å². The van der Waals surface area contributed by atoms with Gasteiger partial charge in [-0.15, -0.1) is 0 Å². The zero-order chi connectivity index (χ0) is 17.8. The van der Waals surface area contributed by atoms with Crippen LogP contribution in [-0.4, -0.2) is 36.3 Å². The Kier molecular flexibility index (Phi) is 5.16. The first kappa shape index (κ1) is 17.2. The molecule has 6 nitrogen and oxygen atoms in total. The maximum Gasteiger partial charge on any atom is 0.233 e. The third-order valence-electron chi connectivity index (χ3n) is 4.76. The predicted octanol–water partition coefficient (Wildman–Crippen LogP) is 2.37. The number of fused-ring (bicyclic) bond motifs is 1. The van der Waals surface area contributed by atoms with Gasteiger partial charge in [-0.25, -0.2) is 0 Å². The summed E-state index contributed by atoms with van der Waals surface area (Å²) in [4.78, 5) is 38.0. The van der Waals surface area contributed by atoms with Gasteiger partial charge in [0, 0.05) is 18.7 Å². The van der Waals surface area contributed by atoms with Gasteiger partial charge in [0.2, 0.25) is 17.7 Å². The summed E-state index contributed by atoms with van der Waals surface area (Å²) in [6.07, 6.45) is 5.95. The van der Waals surface area contributed by atoms with E-state index in [0.29, 0.717) is 31.5 Å². The largest absolute Gasteiger partial charge is 0.497 e. The van der Waals surface area contributed by atoms with Crippen LogP contribution in [0.1, 0.15) is 25.7 Å². The second kappa shape index (κ2) is 7.51. The molecule has 6 heteroatoms. The van der Waals surface area contributed by atoms with Crippen LogP contribution in [0.2, 0.25) is 0 Å². The summed E-state index contributed by atoms with van der Waals surface area (Å²) in [7, 11) is 1.58. The Hall–Kier alpha value is -2.63. The maximum absolute atomic E-state index is 12.3. The van der Waals surface area contributed by atoms with E-state index < -0.39 is 0 Å². The highest BCUT2D eigenvalue weighted by Gasteiger charge is 2.46. The number of nitrogens with zero attached hydrogens (tertiary/aromatic N) is 1. The number of benzene rings is 1. The van der Waals surface area contributed by atoms with E-state index >= 15 is 0 Å². The standard InChI is InChI=1S/C19H22N2O4/c1-25-14-10-8-13(9-11-14)20-17(22)7-4-12-21-18(23)15-5-2-3-6-16(15)19(21)24/h2-3,8-11,15-16H,4-7,12H2,1H3,(H,20,22)/t15-,16+. The Labute approximate surface area is 146 Å². The fraction of sp³-hybridized carbons (Fsp3) is 0.421. The van der Waals surface area contributed by atoms with E-state index in [0.717, 1.165) is 5.75 Å². The molecule has 1 aliphatic carbocycles. The number of hydrogen-bond donors (Lipinski definition) is 1. The maximum atomic E-state index is 12.3. The minimum atomic E-state index is -0.203. The molecule has 0 radical (unpaired) electrons. The molecule has 3 rings (SSSR count). The first-order valence-electron chi connectivity index (χ1n) is 8.54. The Morgan fingerprint density at radius 3 is 2.28 bits per heavy atom. The van der Waals surface area contributed by atoms with Crippen LogP contribution in [0.15, 0.2) is 36.4 Å². The molecule has 132 valence electrons. The molecule has 3 amide bonds. The van der Waals surface area contributed by atoms with Crippen molar-refractivity contribution in [2.24, 2.45) is 11.8 Å². The summed E-state index contributed by atoms with van der Waals surface area (Å²) in [5.74, 6) is 0.00411. The Morgan fingerprint density at radius 1 is 1.12 bits per heavy atom. The number of carbonyl (C=O) groups excluding carboxylic acids is 3. The van der Waals surface area contributed by atoms with Crippen molar-refractivity contribution in [2.45, 2.75) is 25.7 Å². The van der Waals surface area contributed by atoms with Crippen LogP contribution >= 0.6 is 0 Å². The summed E-state index contributed by atoms with van der Waals surface area (Å²) in [6.45, 7) is 0.306. The molecule has 1 saturated heterocycles. The topological polar surface area (TPSA) is 75.7 Å². The molecule has 0 unspecified atom stereocenters. The summed E-state index contributed by atoms with van der Waals surface area (Å²) in [6, 6.07) is 7.07. The van der Waals surface area contributed by atoms with Crippen LogP contribution in [-0.2, 0) is 14.4 Å². The van der Waals surface area contributed by atoms with Gasteiger partial charge in [-0.05, 0) is 43.5 Å². The lowest BCUT2D eigenvalue weighted by atomic mass is 9.85. The number of anilines is 1. The number of allylic oxidation sites excluding steroid dienone is 2. The lowest BCUT2D eigenvalue weighted by Gasteiger charge is -2.14. The summed E-state index contributed by atoms with van der Waals surface area (Å²) >= 11 is 0. The fourth-order valence-electron chi connectivity index (χ4n) is 3.38. The highest BCUT2D eigenvalue weighted by Crippen LogP contribution is 2.35. The van der Waals surface area contributed by atoms with Crippen molar-refractivity contribution in [3.8, 4) is 5.75 Å². The average molecular weight is 342 g/mol. The van der Waals surface area contributed by atoms with Crippen molar-refractivity contribution < 1.29 is 19.1 Å². The van der Waals surface area contributed by atoms with Gasteiger partial charge in [0.25, 0.3) is 0 Å². The Balaban J connectivity index is 1.46. The molecule has 1 aromatic carbocycles. The summed E-state index contributed by atoms with van der Waals surface area (Å²) in [5, 5.41) is 2.80. The predicted molar refractivity (Wildman–Crippen MR) is 92.9 cm³/mol. The smallest absolute Gasteiger partial charge is 0.233 e. The molecule has 0 aromatic heterocycles. The first-order valence-corrected chi connectivity index (χ1v) is 8.54. The third-order valence-corrected chi connectivity index (χ3v) is 4.76. The van der Waals surface area contributed by atoms with Crippen LogP contribution in [0, 0.1) is 11.8 Å². The molecule has 1 aromatic rings. The van der Waals surface area contributed by atoms with Crippen molar-refractivity contribution in [3.05, 3.63) is 36.4 Å². The number of rotatable bonds is 6. The lowest BCUT2D eigenvalue weighted by Crippen LogP contribution is -2.32. The normalized spacial score (nSPS) is 22.0. The minimum Gasteiger partial charge on any atom is -0.497 e. The number of likely N-dealkylation sites (tertiary alicyclic amines) is 1. The van der Waals surface area contributed by atoms with Gasteiger partial charge in [-0.2, -0.15) is 0 Å². The molecule has 1 N–H and O–H groups in total. The summed E-state index contributed by atoms with van der Waals surface area (Å²) in [5.41, 5.74) is 0.691. The number of methoxy groups -OCH3 is 1. The van der Waals surface area contributed by atoms with Gasteiger partial charge in [-0.3, -0.25) is 19.3 Å². The molecular weight excluding hydrogens is 320 g/mol. The van der Waals surface area contributed by atoms with Crippen molar-refractivity contribution >= 4 is 23.4 Å². The van der Waals surface area contributed by atoms with Gasteiger partial charge in [0.1, 0.15) is 5.75 Å². The van der Waals surface area contributed by atoms with E-state index in [1.807, 2.05) is 12.2 Å². The second-order valence-electron chi connectivity index (χ2n) is 6.36. The van der Waals surface area contributed by atoms with E-state index in [1.165, 1.54) is 4.90 Å². The molecule has 1 heterocycles. The Bertz CT molecular complexity index is 670. The first-order chi connectivity index (χ1) is 12.1. The SMILES string of the molecule is COc1ccc(NC(=O)CCCN2C(=O)[C@H]3CC=CC[C@H]3C2=O)cc1. The van der Waals surface area contributed by atoms with E-state index in [-0.39, 0.29) is 36.0 Å². The van der Waals surface area contributed by atoms with Crippen LogP contribution in [0.3, 0.4) is 0 Å². The van der Waals surface area contributed by atoms with Gasteiger partial charge in [-0.1, -0.05) is 12.2 Å². The van der Waals surface area contributed by atoms with Crippen molar-refractivity contribution in [2.75, 3.05) is 19.0 Å². The minimum absolute atomic E-state index is 0.0880. The van der Waals surface area contributed by atoms with Crippen molar-refractivity contribution in [3.63, 3.8) is 0 Å². The van der Waals surface area contributed by atoms with Crippen molar-refractivity contribution in [1.29, 1.82) is 0 Å². The molecular formula is C19H22N2O4. The number of nitrogens with one attached hydrogen (secondary N) is 1. The quantitative estimate of drug-likeness (QED) is 0.636. The highest BCUT2D eigenvalue weighted by atomic mass is 16.5. The average Bonchev–Trinajstić information content (AvgIpc) is 2.87. The monoisotopic (exact) mass is 342 g/mol. The molecule has 1 fully saturated rings. The number of amides is 3. The van der Waals surface area contributed by atoms with E-state index in [4.69, 9.17) is 4.74 Å². The fourth-order valence-corrected chi connectivity index (χ4v) is 3.38. The molecule has 25 heavy (non-hydrogen) atoms. The van der Waals surface area contributed by atoms with Gasteiger partial charge in [0.05, 0.1) is 18.9 Å². The second-order valence-corrected chi connectivity index (χ2v) is 6.36. The number of ether oxygens (including phenoxy) is 1. The lowest BCUT2D eigenvalue weighted by molar-refractivity contribution is -0.140. The zero-order valence-corrected chi connectivity index (χ0v) is 14.2. The molecule has 2 aliphatic rings. The number of hydrogen-bond acceptors (Lipinski definition) is 4. The van der Waals surface area contributed by atoms with Crippen LogP contribution < -0.4 is 10.1 Å². The molecule has 0 saturated carbocycles. The van der Waals surface area contributed by atoms with Gasteiger partial charge in [0.15, 0.2) is 0 Å². The molecule has 0 bridgehead atoms. The van der Waals surface area contributed by atoms with E-state index in [9.17, 15) is 14.4 Å². The molecule has 0 spiro atoms. The third kappa shape index (κ3) is 3.73. The highest BCUT2D eigenvalue weighted by molar-refractivity contribution is 6.05.